The highest BCUT2D eigenvalue weighted by Gasteiger charge is 2.22. The maximum Gasteiger partial charge on any atom is 0.227 e. The van der Waals surface area contributed by atoms with Gasteiger partial charge in [-0.3, -0.25) is 9.69 Å². The first-order chi connectivity index (χ1) is 9.61. The van der Waals surface area contributed by atoms with Gasteiger partial charge in [0.2, 0.25) is 5.91 Å². The first kappa shape index (κ1) is 15.5. The summed E-state index contributed by atoms with van der Waals surface area (Å²) < 4.78 is 13.7. The van der Waals surface area contributed by atoms with Gasteiger partial charge < -0.3 is 4.90 Å². The number of rotatable bonds is 4. The van der Waals surface area contributed by atoms with Crippen molar-refractivity contribution in [2.24, 2.45) is 0 Å². The summed E-state index contributed by atoms with van der Waals surface area (Å²) >= 11 is 11.6. The van der Waals surface area contributed by atoms with Crippen LogP contribution in [0.15, 0.2) is 18.2 Å². The van der Waals surface area contributed by atoms with Gasteiger partial charge in [0.05, 0.1) is 6.42 Å². The molecule has 1 aromatic rings. The van der Waals surface area contributed by atoms with E-state index in [1.54, 1.807) is 11.0 Å². The van der Waals surface area contributed by atoms with E-state index < -0.39 is 5.82 Å². The molecule has 0 N–H and O–H groups in total. The first-order valence-corrected chi connectivity index (χ1v) is 7.52. The summed E-state index contributed by atoms with van der Waals surface area (Å²) in [5, 5.41) is 0.305. The highest BCUT2D eigenvalue weighted by molar-refractivity contribution is 6.31. The number of hydrogen-bond donors (Lipinski definition) is 0. The van der Waals surface area contributed by atoms with Gasteiger partial charge in [0.25, 0.3) is 0 Å². The second kappa shape index (κ2) is 7.25. The standard InChI is InChI=1S/C14H17Cl2FN2O/c15-4-5-18-6-8-19(9-7-18)14(20)10-11-12(16)2-1-3-13(11)17/h1-3H,4-10H2. The third kappa shape index (κ3) is 3.84. The Morgan fingerprint density at radius 2 is 1.95 bits per heavy atom. The lowest BCUT2D eigenvalue weighted by Crippen LogP contribution is -2.49. The summed E-state index contributed by atoms with van der Waals surface area (Å²) in [6, 6.07) is 4.47. The van der Waals surface area contributed by atoms with E-state index in [0.717, 1.165) is 19.6 Å². The fourth-order valence-electron chi connectivity index (χ4n) is 2.30. The molecule has 1 fully saturated rings. The van der Waals surface area contributed by atoms with Gasteiger partial charge >= 0.3 is 0 Å². The number of carbonyl (C=O) groups is 1. The Bertz CT molecular complexity index is 456. The number of benzene rings is 1. The predicted octanol–water partition coefficient (Wildman–Crippen LogP) is 2.40. The summed E-state index contributed by atoms with van der Waals surface area (Å²) in [5.41, 5.74) is 0.280. The molecule has 1 saturated heterocycles. The van der Waals surface area contributed by atoms with E-state index in [4.69, 9.17) is 23.2 Å². The lowest BCUT2D eigenvalue weighted by atomic mass is 10.1. The number of hydrogen-bond acceptors (Lipinski definition) is 2. The molecule has 6 heteroatoms. The van der Waals surface area contributed by atoms with Crippen molar-refractivity contribution in [3.63, 3.8) is 0 Å². The second-order valence-electron chi connectivity index (χ2n) is 4.79. The van der Waals surface area contributed by atoms with Crippen molar-refractivity contribution in [2.75, 3.05) is 38.6 Å². The van der Waals surface area contributed by atoms with Crippen LogP contribution in [0, 0.1) is 5.82 Å². The maximum absolute atomic E-state index is 13.7. The molecule has 2 rings (SSSR count). The summed E-state index contributed by atoms with van der Waals surface area (Å²) in [7, 11) is 0. The number of alkyl halides is 1. The maximum atomic E-state index is 13.7. The summed E-state index contributed by atoms with van der Waals surface area (Å²) in [6.45, 7) is 3.76. The van der Waals surface area contributed by atoms with Crippen molar-refractivity contribution >= 4 is 29.1 Å². The van der Waals surface area contributed by atoms with Gasteiger partial charge in [-0.05, 0) is 12.1 Å². The molecular formula is C14H17Cl2FN2O. The molecule has 20 heavy (non-hydrogen) atoms. The third-order valence-electron chi connectivity index (χ3n) is 3.52. The minimum absolute atomic E-state index is 0.0149. The highest BCUT2D eigenvalue weighted by Crippen LogP contribution is 2.20. The van der Waals surface area contributed by atoms with E-state index in [1.807, 2.05) is 0 Å². The summed E-state index contributed by atoms with van der Waals surface area (Å²) in [5.74, 6) is 0.0906. The molecule has 1 heterocycles. The van der Waals surface area contributed by atoms with Gasteiger partial charge in [0.15, 0.2) is 0 Å². The molecule has 1 amide bonds. The van der Waals surface area contributed by atoms with Crippen LogP contribution >= 0.6 is 23.2 Å². The number of piperazine rings is 1. The van der Waals surface area contributed by atoms with E-state index >= 15 is 0 Å². The molecule has 1 aromatic carbocycles. The SMILES string of the molecule is O=C(Cc1c(F)cccc1Cl)N1CCN(CCCl)CC1. The van der Waals surface area contributed by atoms with Gasteiger partial charge in [-0.1, -0.05) is 17.7 Å². The molecule has 0 bridgehead atoms. The van der Waals surface area contributed by atoms with Gasteiger partial charge in [-0.25, -0.2) is 4.39 Å². The van der Waals surface area contributed by atoms with Gasteiger partial charge in [0, 0.05) is 49.2 Å². The van der Waals surface area contributed by atoms with Crippen LogP contribution in [0.1, 0.15) is 5.56 Å². The Morgan fingerprint density at radius 1 is 1.25 bits per heavy atom. The topological polar surface area (TPSA) is 23.6 Å². The van der Waals surface area contributed by atoms with Crippen molar-refractivity contribution in [3.8, 4) is 0 Å². The lowest BCUT2D eigenvalue weighted by Gasteiger charge is -2.34. The molecule has 1 aliphatic rings. The zero-order valence-electron chi connectivity index (χ0n) is 11.1. The number of nitrogens with zero attached hydrogens (tertiary/aromatic N) is 2. The molecule has 0 saturated carbocycles. The van der Waals surface area contributed by atoms with Crippen LogP contribution in [-0.4, -0.2) is 54.3 Å². The predicted molar refractivity (Wildman–Crippen MR) is 78.9 cm³/mol. The third-order valence-corrected chi connectivity index (χ3v) is 4.04. The Hall–Kier alpha value is -0.840. The molecule has 0 aliphatic carbocycles. The van der Waals surface area contributed by atoms with Gasteiger partial charge in [-0.2, -0.15) is 0 Å². The van der Waals surface area contributed by atoms with Crippen LogP contribution < -0.4 is 0 Å². The van der Waals surface area contributed by atoms with E-state index in [9.17, 15) is 9.18 Å². The van der Waals surface area contributed by atoms with Crippen molar-refractivity contribution in [1.82, 2.24) is 9.80 Å². The highest BCUT2D eigenvalue weighted by atomic mass is 35.5. The smallest absolute Gasteiger partial charge is 0.227 e. The molecule has 110 valence electrons. The zero-order valence-corrected chi connectivity index (χ0v) is 12.6. The minimum atomic E-state index is -0.424. The summed E-state index contributed by atoms with van der Waals surface area (Å²) in [6.07, 6.45) is 0.0149. The molecule has 3 nitrogen and oxygen atoms in total. The fourth-order valence-corrected chi connectivity index (χ4v) is 2.77. The first-order valence-electron chi connectivity index (χ1n) is 6.61. The average molecular weight is 319 g/mol. The van der Waals surface area contributed by atoms with E-state index in [2.05, 4.69) is 4.90 Å². The molecule has 0 aromatic heterocycles. The molecule has 0 spiro atoms. The van der Waals surface area contributed by atoms with Crippen LogP contribution in [0.3, 0.4) is 0 Å². The molecule has 0 unspecified atom stereocenters. The minimum Gasteiger partial charge on any atom is -0.340 e. The van der Waals surface area contributed by atoms with Crippen molar-refractivity contribution < 1.29 is 9.18 Å². The molecule has 0 atom stereocenters. The Balaban J connectivity index is 1.93. The Kier molecular flexibility index (Phi) is 5.64. The van der Waals surface area contributed by atoms with Gasteiger partial charge in [-0.15, -0.1) is 11.6 Å². The average Bonchev–Trinajstić information content (AvgIpc) is 2.44. The number of carbonyl (C=O) groups excluding carboxylic acids is 1. The summed E-state index contributed by atoms with van der Waals surface area (Å²) in [4.78, 5) is 16.2. The van der Waals surface area contributed by atoms with E-state index in [0.29, 0.717) is 24.0 Å². The van der Waals surface area contributed by atoms with Crippen LogP contribution in [0.2, 0.25) is 5.02 Å². The molecule has 0 radical (unpaired) electrons. The van der Waals surface area contributed by atoms with Crippen molar-refractivity contribution in [3.05, 3.63) is 34.6 Å². The number of halogens is 3. The van der Waals surface area contributed by atoms with Crippen LogP contribution in [-0.2, 0) is 11.2 Å². The lowest BCUT2D eigenvalue weighted by molar-refractivity contribution is -0.132. The second-order valence-corrected chi connectivity index (χ2v) is 5.57. The zero-order chi connectivity index (χ0) is 14.5. The Morgan fingerprint density at radius 3 is 2.55 bits per heavy atom. The Labute approximate surface area is 128 Å². The van der Waals surface area contributed by atoms with Crippen molar-refractivity contribution in [2.45, 2.75) is 6.42 Å². The quantitative estimate of drug-likeness (QED) is 0.796. The molecule has 1 aliphatic heterocycles. The van der Waals surface area contributed by atoms with Gasteiger partial charge in [0.1, 0.15) is 5.82 Å². The normalized spacial score (nSPS) is 16.4. The largest absolute Gasteiger partial charge is 0.340 e. The molecular weight excluding hydrogens is 302 g/mol. The van der Waals surface area contributed by atoms with Crippen LogP contribution in [0.25, 0.3) is 0 Å². The monoisotopic (exact) mass is 318 g/mol. The van der Waals surface area contributed by atoms with E-state index in [1.165, 1.54) is 12.1 Å². The van der Waals surface area contributed by atoms with Crippen LogP contribution in [0.5, 0.6) is 0 Å². The van der Waals surface area contributed by atoms with E-state index in [-0.39, 0.29) is 17.9 Å². The van der Waals surface area contributed by atoms with Crippen LogP contribution in [0.4, 0.5) is 4.39 Å². The fraction of sp³-hybridized carbons (Fsp3) is 0.500. The van der Waals surface area contributed by atoms with Crippen molar-refractivity contribution in [1.29, 1.82) is 0 Å². The number of amides is 1.